The maximum Gasteiger partial charge on any atom is 0.368 e. The zero-order valence-corrected chi connectivity index (χ0v) is 18.1. The topological polar surface area (TPSA) is 88.3 Å². The highest BCUT2D eigenvalue weighted by Crippen LogP contribution is 2.18. The van der Waals surface area contributed by atoms with E-state index in [-0.39, 0.29) is 24.6 Å². The number of sulfonamides is 1. The van der Waals surface area contributed by atoms with E-state index < -0.39 is 28.1 Å². The van der Waals surface area contributed by atoms with Crippen molar-refractivity contribution in [2.75, 3.05) is 32.8 Å². The third-order valence-electron chi connectivity index (χ3n) is 5.46. The number of aliphatic hydroxyl groups excluding tert-OH is 1. The maximum absolute atomic E-state index is 12.9. The van der Waals surface area contributed by atoms with Crippen LogP contribution in [0.25, 0.3) is 0 Å². The van der Waals surface area contributed by atoms with E-state index >= 15 is 0 Å². The summed E-state index contributed by atoms with van der Waals surface area (Å²) in [6.07, 6.45) is -1.03. The molecule has 2 atom stereocenters. The van der Waals surface area contributed by atoms with Crippen LogP contribution < -0.4 is 4.90 Å². The highest BCUT2D eigenvalue weighted by Gasteiger charge is 2.42. The lowest BCUT2D eigenvalue weighted by atomic mass is 10.0. The summed E-state index contributed by atoms with van der Waals surface area (Å²) in [5, 5.41) is 10.9. The van der Waals surface area contributed by atoms with Crippen molar-refractivity contribution in [1.82, 2.24) is 4.31 Å². The predicted molar refractivity (Wildman–Crippen MR) is 112 cm³/mol. The van der Waals surface area contributed by atoms with Gasteiger partial charge in [0.1, 0.15) is 6.10 Å². The van der Waals surface area contributed by atoms with Crippen LogP contribution in [-0.2, 0) is 19.6 Å². The molecule has 0 radical (unpaired) electrons. The van der Waals surface area contributed by atoms with Gasteiger partial charge in [-0.25, -0.2) is 13.2 Å². The van der Waals surface area contributed by atoms with Crippen LogP contribution in [0.15, 0.2) is 59.5 Å². The predicted octanol–water partition coefficient (Wildman–Crippen LogP) is 0.550. The van der Waals surface area contributed by atoms with E-state index in [1.165, 1.54) is 4.31 Å². The number of ether oxygens (including phenoxy) is 1. The van der Waals surface area contributed by atoms with E-state index in [0.717, 1.165) is 10.5 Å². The third-order valence-corrected chi connectivity index (χ3v) is 7.37. The lowest BCUT2D eigenvalue weighted by molar-refractivity contribution is -0.924. The van der Waals surface area contributed by atoms with Gasteiger partial charge in [-0.2, -0.15) is 4.31 Å². The van der Waals surface area contributed by atoms with Crippen molar-refractivity contribution in [3.05, 3.63) is 65.7 Å². The summed E-state index contributed by atoms with van der Waals surface area (Å²) in [5.41, 5.74) is 1.63. The van der Waals surface area contributed by atoms with Gasteiger partial charge in [-0.1, -0.05) is 48.0 Å². The molecule has 1 heterocycles. The number of aliphatic hydroxyl groups is 1. The Hall–Kier alpha value is -2.26. The van der Waals surface area contributed by atoms with Gasteiger partial charge in [-0.05, 0) is 31.5 Å². The standard InChI is InChI=1S/C22H28N2O5S/c1-3-29-22(26)20(21(25)18-7-5-4-6-8-18)23-13-15-24(16-14-23)30(27,28)19-11-9-17(2)10-12-19/h4-12,20-21,25H,3,13-16H2,1-2H3/p+1/t20-,21-/m0/s1. The van der Waals surface area contributed by atoms with Crippen LogP contribution in [0.5, 0.6) is 0 Å². The molecule has 162 valence electrons. The summed E-state index contributed by atoms with van der Waals surface area (Å²) < 4.78 is 32.6. The molecule has 1 aliphatic rings. The Kier molecular flexibility index (Phi) is 7.25. The molecule has 0 amide bonds. The molecule has 8 heteroatoms. The minimum Gasteiger partial charge on any atom is -0.462 e. The van der Waals surface area contributed by atoms with Crippen LogP contribution in [0.2, 0.25) is 0 Å². The summed E-state index contributed by atoms with van der Waals surface area (Å²) in [4.78, 5) is 13.7. The number of rotatable bonds is 7. The number of hydrogen-bond donors (Lipinski definition) is 2. The maximum atomic E-state index is 12.9. The Labute approximate surface area is 177 Å². The van der Waals surface area contributed by atoms with E-state index in [2.05, 4.69) is 0 Å². The van der Waals surface area contributed by atoms with Crippen LogP contribution in [0.1, 0.15) is 24.2 Å². The normalized spacial score (nSPS) is 18.0. The van der Waals surface area contributed by atoms with Crippen LogP contribution in [0.3, 0.4) is 0 Å². The molecule has 0 saturated carbocycles. The first-order chi connectivity index (χ1) is 14.3. The van der Waals surface area contributed by atoms with Gasteiger partial charge in [0.05, 0.1) is 37.7 Å². The smallest absolute Gasteiger partial charge is 0.368 e. The fourth-order valence-corrected chi connectivity index (χ4v) is 5.22. The van der Waals surface area contributed by atoms with Crippen molar-refractivity contribution in [2.24, 2.45) is 0 Å². The zero-order chi connectivity index (χ0) is 21.7. The van der Waals surface area contributed by atoms with Crippen molar-refractivity contribution >= 4 is 16.0 Å². The first-order valence-corrected chi connectivity index (χ1v) is 11.6. The summed E-state index contributed by atoms with van der Waals surface area (Å²) in [6.45, 7) is 5.19. The summed E-state index contributed by atoms with van der Waals surface area (Å²) in [5.74, 6) is -0.473. The average molecular weight is 434 g/mol. The van der Waals surface area contributed by atoms with Gasteiger partial charge in [-0.3, -0.25) is 0 Å². The first kappa shape index (κ1) is 22.4. The molecule has 3 rings (SSSR count). The summed E-state index contributed by atoms with van der Waals surface area (Å²) in [6, 6.07) is 15.0. The number of quaternary nitrogens is 1. The number of carbonyl (C=O) groups is 1. The molecular weight excluding hydrogens is 404 g/mol. The van der Waals surface area contributed by atoms with Gasteiger partial charge >= 0.3 is 5.97 Å². The molecule has 30 heavy (non-hydrogen) atoms. The summed E-state index contributed by atoms with van der Waals surface area (Å²) >= 11 is 0. The van der Waals surface area contributed by atoms with Crippen molar-refractivity contribution in [3.63, 3.8) is 0 Å². The van der Waals surface area contributed by atoms with E-state index in [4.69, 9.17) is 4.74 Å². The second-order valence-corrected chi connectivity index (χ2v) is 9.40. The van der Waals surface area contributed by atoms with Gasteiger partial charge < -0.3 is 14.7 Å². The Morgan fingerprint density at radius 3 is 2.27 bits per heavy atom. The van der Waals surface area contributed by atoms with Crippen molar-refractivity contribution < 1.29 is 28.0 Å². The molecule has 0 aromatic heterocycles. The van der Waals surface area contributed by atoms with Crippen molar-refractivity contribution in [1.29, 1.82) is 0 Å². The van der Waals surface area contributed by atoms with Gasteiger partial charge in [0.15, 0.2) is 0 Å². The molecule has 2 aromatic rings. The summed E-state index contributed by atoms with van der Waals surface area (Å²) in [7, 11) is -3.59. The Bertz CT molecular complexity index is 939. The number of aryl methyl sites for hydroxylation is 1. The molecule has 2 N–H and O–H groups in total. The minimum atomic E-state index is -3.59. The molecule has 1 fully saturated rings. The fourth-order valence-electron chi connectivity index (χ4n) is 3.78. The number of esters is 1. The number of hydrogen-bond acceptors (Lipinski definition) is 5. The number of nitrogens with zero attached hydrogens (tertiary/aromatic N) is 1. The molecule has 0 bridgehead atoms. The average Bonchev–Trinajstić information content (AvgIpc) is 2.75. The Morgan fingerprint density at radius 2 is 1.70 bits per heavy atom. The zero-order valence-electron chi connectivity index (χ0n) is 17.3. The van der Waals surface area contributed by atoms with Crippen LogP contribution in [0, 0.1) is 6.92 Å². The second-order valence-electron chi connectivity index (χ2n) is 7.46. The largest absolute Gasteiger partial charge is 0.462 e. The Balaban J connectivity index is 1.75. The molecule has 0 aliphatic carbocycles. The van der Waals surface area contributed by atoms with Crippen LogP contribution in [0.4, 0.5) is 0 Å². The van der Waals surface area contributed by atoms with E-state index in [9.17, 15) is 18.3 Å². The quantitative estimate of drug-likeness (QED) is 0.623. The van der Waals surface area contributed by atoms with Crippen LogP contribution >= 0.6 is 0 Å². The molecular formula is C22H29N2O5S+. The number of carbonyl (C=O) groups excluding carboxylic acids is 1. The highest BCUT2D eigenvalue weighted by atomic mass is 32.2. The van der Waals surface area contributed by atoms with Gasteiger partial charge in [0.25, 0.3) is 0 Å². The van der Waals surface area contributed by atoms with Gasteiger partial charge in [0, 0.05) is 0 Å². The lowest BCUT2D eigenvalue weighted by Gasteiger charge is -2.36. The monoisotopic (exact) mass is 433 g/mol. The Morgan fingerprint density at radius 1 is 1.10 bits per heavy atom. The third kappa shape index (κ3) is 4.89. The molecule has 1 saturated heterocycles. The highest BCUT2D eigenvalue weighted by molar-refractivity contribution is 7.89. The second kappa shape index (κ2) is 9.70. The molecule has 0 spiro atoms. The first-order valence-electron chi connectivity index (χ1n) is 10.2. The number of nitrogens with one attached hydrogen (secondary N) is 1. The van der Waals surface area contributed by atoms with E-state index in [1.54, 1.807) is 43.3 Å². The fraction of sp³-hybridized carbons (Fsp3) is 0.409. The minimum absolute atomic E-state index is 0.220. The van der Waals surface area contributed by atoms with Crippen molar-refractivity contribution in [3.8, 4) is 0 Å². The van der Waals surface area contributed by atoms with E-state index in [0.29, 0.717) is 18.7 Å². The number of piperazine rings is 1. The van der Waals surface area contributed by atoms with Crippen molar-refractivity contribution in [2.45, 2.75) is 30.9 Å². The van der Waals surface area contributed by atoms with Crippen LogP contribution in [-0.4, -0.2) is 62.6 Å². The van der Waals surface area contributed by atoms with Gasteiger partial charge in [-0.15, -0.1) is 0 Å². The van der Waals surface area contributed by atoms with E-state index in [1.807, 2.05) is 25.1 Å². The molecule has 2 aromatic carbocycles. The lowest BCUT2D eigenvalue weighted by Crippen LogP contribution is -3.19. The SMILES string of the molecule is CCOC(=O)[C@H]([C@@H](O)c1ccccc1)[NH+]1CCN(S(=O)(=O)c2ccc(C)cc2)CC1. The number of benzene rings is 2. The van der Waals surface area contributed by atoms with Gasteiger partial charge in [0.2, 0.25) is 16.1 Å². The molecule has 1 aliphatic heterocycles. The molecule has 7 nitrogen and oxygen atoms in total. The molecule has 0 unspecified atom stereocenters.